The molecule has 0 saturated carbocycles. The van der Waals surface area contributed by atoms with Gasteiger partial charge in [-0.2, -0.15) is 0 Å². The maximum absolute atomic E-state index is 11.9. The Morgan fingerprint density at radius 2 is 1.56 bits per heavy atom. The summed E-state index contributed by atoms with van der Waals surface area (Å²) in [5, 5.41) is 11.0. The van der Waals surface area contributed by atoms with Crippen LogP contribution >= 0.6 is 23.2 Å². The summed E-state index contributed by atoms with van der Waals surface area (Å²) in [4.78, 5) is 35.2. The molecule has 18 heavy (non-hydrogen) atoms. The van der Waals surface area contributed by atoms with Crippen LogP contribution in [0, 0.1) is 0 Å². The predicted molar refractivity (Wildman–Crippen MR) is 61.4 cm³/mol. The summed E-state index contributed by atoms with van der Waals surface area (Å²) in [6.45, 7) is 1.19. The van der Waals surface area contributed by atoms with Crippen molar-refractivity contribution in [2.75, 3.05) is 0 Å². The van der Waals surface area contributed by atoms with Crippen LogP contribution in [-0.2, 0) is 4.79 Å². The number of carbonyl (C=O) groups excluding carboxylic acids is 3. The molecule has 5 nitrogen and oxygen atoms in total. The first-order chi connectivity index (χ1) is 8.34. The number of rotatable bonds is 2. The average Bonchev–Trinajstić information content (AvgIpc) is 2.52. The smallest absolute Gasteiger partial charge is 0.262 e. The van der Waals surface area contributed by atoms with E-state index in [4.69, 9.17) is 23.2 Å². The Hall–Kier alpha value is -1.59. The molecule has 7 heteroatoms. The van der Waals surface area contributed by atoms with E-state index in [2.05, 4.69) is 0 Å². The second-order valence-electron chi connectivity index (χ2n) is 3.79. The lowest BCUT2D eigenvalue weighted by Gasteiger charge is -2.22. The van der Waals surface area contributed by atoms with Crippen molar-refractivity contribution < 1.29 is 19.5 Å². The summed E-state index contributed by atoms with van der Waals surface area (Å²) in [6, 6.07) is 1.15. The highest BCUT2D eigenvalue weighted by Crippen LogP contribution is 2.32. The SMILES string of the molecule is C[C@H](C(=O)[O-])N1C(=O)c2cc(Cl)c(Cl)cc2C1=O. The summed E-state index contributed by atoms with van der Waals surface area (Å²) in [7, 11) is 0. The van der Waals surface area contributed by atoms with Crippen LogP contribution in [0.1, 0.15) is 27.6 Å². The number of aliphatic carboxylic acids is 1. The highest BCUT2D eigenvalue weighted by molar-refractivity contribution is 6.43. The van der Waals surface area contributed by atoms with Crippen LogP contribution in [0.3, 0.4) is 0 Å². The fourth-order valence-corrected chi connectivity index (χ4v) is 2.04. The molecule has 0 bridgehead atoms. The number of carbonyl (C=O) groups is 3. The number of nitrogens with zero attached hydrogens (tertiary/aromatic N) is 1. The first-order valence-corrected chi connectivity index (χ1v) is 5.68. The van der Waals surface area contributed by atoms with Gasteiger partial charge in [0.05, 0.1) is 33.2 Å². The van der Waals surface area contributed by atoms with Gasteiger partial charge < -0.3 is 9.90 Å². The van der Waals surface area contributed by atoms with Crippen molar-refractivity contribution in [1.82, 2.24) is 4.90 Å². The fraction of sp³-hybridized carbons (Fsp3) is 0.182. The van der Waals surface area contributed by atoms with Crippen molar-refractivity contribution in [3.05, 3.63) is 33.3 Å². The van der Waals surface area contributed by atoms with Gasteiger partial charge in [0.1, 0.15) is 0 Å². The van der Waals surface area contributed by atoms with Crippen molar-refractivity contribution >= 4 is 41.0 Å². The van der Waals surface area contributed by atoms with Crippen LogP contribution in [0.15, 0.2) is 12.1 Å². The summed E-state index contributed by atoms with van der Waals surface area (Å²) in [5.74, 6) is -2.95. The van der Waals surface area contributed by atoms with Crippen LogP contribution in [0.2, 0.25) is 10.0 Å². The molecular weight excluding hydrogens is 281 g/mol. The third-order valence-corrected chi connectivity index (χ3v) is 3.41. The Morgan fingerprint density at radius 3 is 1.89 bits per heavy atom. The molecule has 94 valence electrons. The lowest BCUT2D eigenvalue weighted by molar-refractivity contribution is -0.309. The Labute approximate surface area is 112 Å². The van der Waals surface area contributed by atoms with E-state index in [1.54, 1.807) is 0 Å². The van der Waals surface area contributed by atoms with E-state index in [0.717, 1.165) is 0 Å². The van der Waals surface area contributed by atoms with Gasteiger partial charge in [-0.3, -0.25) is 14.5 Å². The number of carboxylic acid groups (broad SMARTS) is 1. The zero-order valence-corrected chi connectivity index (χ0v) is 10.6. The summed E-state index contributed by atoms with van der Waals surface area (Å²) in [5.41, 5.74) is 0.0880. The lowest BCUT2D eigenvalue weighted by atomic mass is 10.1. The Kier molecular flexibility index (Phi) is 3.04. The predicted octanol–water partition coefficient (Wildman–Crippen LogP) is 0.728. The van der Waals surface area contributed by atoms with Gasteiger partial charge in [0.15, 0.2) is 0 Å². The molecule has 0 aromatic heterocycles. The van der Waals surface area contributed by atoms with Crippen molar-refractivity contribution in [2.24, 2.45) is 0 Å². The van der Waals surface area contributed by atoms with Crippen LogP contribution in [-0.4, -0.2) is 28.7 Å². The molecule has 1 aromatic carbocycles. The monoisotopic (exact) mass is 286 g/mol. The molecule has 0 unspecified atom stereocenters. The molecule has 1 aliphatic heterocycles. The van der Waals surface area contributed by atoms with Crippen molar-refractivity contribution in [1.29, 1.82) is 0 Å². The van der Waals surface area contributed by atoms with Gasteiger partial charge in [-0.15, -0.1) is 0 Å². The minimum absolute atomic E-state index is 0.0440. The first-order valence-electron chi connectivity index (χ1n) is 4.92. The first kappa shape index (κ1) is 12.9. The molecule has 2 amide bonds. The zero-order chi connectivity index (χ0) is 13.6. The van der Waals surface area contributed by atoms with Gasteiger partial charge in [-0.1, -0.05) is 23.2 Å². The molecule has 0 radical (unpaired) electrons. The van der Waals surface area contributed by atoms with Crippen molar-refractivity contribution in [2.45, 2.75) is 13.0 Å². The van der Waals surface area contributed by atoms with Crippen LogP contribution in [0.25, 0.3) is 0 Å². The number of hydrogen-bond donors (Lipinski definition) is 0. The van der Waals surface area contributed by atoms with E-state index in [-0.39, 0.29) is 21.2 Å². The van der Waals surface area contributed by atoms with Crippen LogP contribution < -0.4 is 5.11 Å². The standard InChI is InChI=1S/C11H7Cl2NO4/c1-4(11(17)18)14-9(15)5-2-7(12)8(13)3-6(5)10(14)16/h2-4H,1H3,(H,17,18)/p-1/t4-/m1/s1. The molecule has 0 saturated heterocycles. The van der Waals surface area contributed by atoms with Gasteiger partial charge in [-0.25, -0.2) is 0 Å². The van der Waals surface area contributed by atoms with E-state index in [0.29, 0.717) is 4.90 Å². The molecule has 2 rings (SSSR count). The maximum atomic E-state index is 11.9. The summed E-state index contributed by atoms with van der Waals surface area (Å²) >= 11 is 11.5. The normalized spacial score (nSPS) is 15.8. The van der Waals surface area contributed by atoms with Gasteiger partial charge in [0.25, 0.3) is 11.8 Å². The van der Waals surface area contributed by atoms with E-state index < -0.39 is 23.8 Å². The van der Waals surface area contributed by atoms with E-state index in [9.17, 15) is 19.5 Å². The Balaban J connectivity index is 2.54. The van der Waals surface area contributed by atoms with E-state index >= 15 is 0 Å². The molecule has 1 heterocycles. The highest BCUT2D eigenvalue weighted by Gasteiger charge is 2.39. The largest absolute Gasteiger partial charge is 0.548 e. The molecule has 0 N–H and O–H groups in total. The third kappa shape index (κ3) is 1.76. The minimum atomic E-state index is -1.51. The van der Waals surface area contributed by atoms with Gasteiger partial charge in [-0.05, 0) is 19.1 Å². The quantitative estimate of drug-likeness (QED) is 0.751. The molecule has 1 aromatic rings. The topological polar surface area (TPSA) is 77.5 Å². The zero-order valence-electron chi connectivity index (χ0n) is 9.07. The van der Waals surface area contributed by atoms with E-state index in [1.165, 1.54) is 19.1 Å². The molecule has 0 spiro atoms. The second-order valence-corrected chi connectivity index (χ2v) is 4.60. The van der Waals surface area contributed by atoms with Gasteiger partial charge in [0.2, 0.25) is 0 Å². The third-order valence-electron chi connectivity index (χ3n) is 2.69. The number of carboxylic acids is 1. The fourth-order valence-electron chi connectivity index (χ4n) is 1.71. The molecule has 0 fully saturated rings. The Bertz CT molecular complexity index is 544. The number of imide groups is 1. The molecular formula is C11H6Cl2NO4-. The molecule has 1 atom stereocenters. The van der Waals surface area contributed by atoms with Crippen LogP contribution in [0.4, 0.5) is 0 Å². The van der Waals surface area contributed by atoms with Gasteiger partial charge >= 0.3 is 0 Å². The number of benzene rings is 1. The van der Waals surface area contributed by atoms with Crippen LogP contribution in [0.5, 0.6) is 0 Å². The summed E-state index contributed by atoms with van der Waals surface area (Å²) < 4.78 is 0. The maximum Gasteiger partial charge on any atom is 0.262 e. The van der Waals surface area contributed by atoms with Gasteiger partial charge in [0, 0.05) is 0 Å². The Morgan fingerprint density at radius 1 is 1.17 bits per heavy atom. The number of fused-ring (bicyclic) bond motifs is 1. The molecule has 1 aliphatic rings. The van der Waals surface area contributed by atoms with Crippen molar-refractivity contribution in [3.8, 4) is 0 Å². The highest BCUT2D eigenvalue weighted by atomic mass is 35.5. The number of halogens is 2. The average molecular weight is 287 g/mol. The second kappa shape index (κ2) is 4.26. The minimum Gasteiger partial charge on any atom is -0.548 e. The summed E-state index contributed by atoms with van der Waals surface area (Å²) in [6.07, 6.45) is 0. The number of amides is 2. The van der Waals surface area contributed by atoms with E-state index in [1.807, 2.05) is 0 Å². The lowest BCUT2D eigenvalue weighted by Crippen LogP contribution is -2.48. The number of hydrogen-bond acceptors (Lipinski definition) is 4. The van der Waals surface area contributed by atoms with Crippen molar-refractivity contribution in [3.63, 3.8) is 0 Å². The molecule has 0 aliphatic carbocycles.